The van der Waals surface area contributed by atoms with Crippen LogP contribution in [0.5, 0.6) is 0 Å². The number of hydrogen-bond donors (Lipinski definition) is 2. The summed E-state index contributed by atoms with van der Waals surface area (Å²) in [6, 6.07) is 0. The molecule has 0 aliphatic heterocycles. The third kappa shape index (κ3) is 11.2. The Bertz CT molecular complexity index is 30.5. The van der Waals surface area contributed by atoms with E-state index in [-0.39, 0.29) is 58.3 Å². The van der Waals surface area contributed by atoms with Crippen LogP contribution >= 0.6 is 0 Å². The van der Waals surface area contributed by atoms with Gasteiger partial charge < -0.3 is 13.3 Å². The van der Waals surface area contributed by atoms with Crippen molar-refractivity contribution in [2.24, 2.45) is 0 Å². The third-order valence-electron chi connectivity index (χ3n) is 0.539. The molecule has 0 fully saturated rings. The molecule has 2 N–H and O–H groups in total. The zero-order valence-corrected chi connectivity index (χ0v) is 9.22. The fourth-order valence-corrected chi connectivity index (χ4v) is 0.256. The molecule has 42 valence electrons. The van der Waals surface area contributed by atoms with Crippen LogP contribution in [0.3, 0.4) is 0 Å². The summed E-state index contributed by atoms with van der Waals surface area (Å²) in [6.45, 7) is 3.92. The normalized spacial score (nSPS) is 7.71. The summed E-state index contributed by atoms with van der Waals surface area (Å²) >= 11 is 0. The summed E-state index contributed by atoms with van der Waals surface area (Å²) in [4.78, 5) is 0. The van der Waals surface area contributed by atoms with Crippen molar-refractivity contribution in [3.05, 3.63) is 0 Å². The van der Waals surface area contributed by atoms with Gasteiger partial charge in [0.25, 0.3) is 0 Å². The number of aliphatic hydroxyl groups is 1. The predicted molar refractivity (Wildman–Crippen MR) is 33.6 cm³/mol. The van der Waals surface area contributed by atoms with Crippen LogP contribution in [0.2, 0.25) is 0 Å². The van der Waals surface area contributed by atoms with E-state index in [0.29, 0.717) is 0 Å². The van der Waals surface area contributed by atoms with Gasteiger partial charge in [-0.15, -0.1) is 0 Å². The second kappa shape index (κ2) is 10.5. The van der Waals surface area contributed by atoms with E-state index >= 15 is 0 Å². The van der Waals surface area contributed by atoms with Crippen molar-refractivity contribution < 1.29 is 7.96 Å². The third-order valence-corrected chi connectivity index (χ3v) is 0.539. The summed E-state index contributed by atoms with van der Waals surface area (Å²) in [6.07, 6.45) is 0. The van der Waals surface area contributed by atoms with Crippen molar-refractivity contribution in [1.82, 2.24) is 5.32 Å². The van der Waals surface area contributed by atoms with Crippen LogP contribution < -0.4 is 5.32 Å². The Morgan fingerprint density at radius 3 is 2.43 bits per heavy atom. The van der Waals surface area contributed by atoms with Gasteiger partial charge in [-0.1, -0.05) is 6.92 Å². The molecule has 0 amide bonds. The molecule has 2 nitrogen and oxygen atoms in total. The monoisotopic (exact) mass is 229 g/mol. The maximum atomic E-state index is 8.13. The van der Waals surface area contributed by atoms with E-state index in [4.69, 9.17) is 5.11 Å². The van der Waals surface area contributed by atoms with Gasteiger partial charge in [-0.05, 0) is 6.54 Å². The van der Waals surface area contributed by atoms with Gasteiger partial charge in [0.15, 0.2) is 0 Å². The van der Waals surface area contributed by atoms with Gasteiger partial charge in [-0.2, -0.15) is 0 Å². The second-order valence-corrected chi connectivity index (χ2v) is 1.08. The standard InChI is InChI=1S/C4H11NO.Ba.2H/c1-2-5-3-4-6;;;/h5-6H,2-4H2,1H3;;;/q;+2;2*-1. The molecule has 0 radical (unpaired) electrons. The Kier molecular flexibility index (Phi) is 16.9. The van der Waals surface area contributed by atoms with Gasteiger partial charge >= 0.3 is 48.9 Å². The molecular weight excluding hydrogens is 215 g/mol. The van der Waals surface area contributed by atoms with Gasteiger partial charge in [-0.25, -0.2) is 0 Å². The number of aliphatic hydroxyl groups excluding tert-OH is 1. The number of rotatable bonds is 3. The van der Waals surface area contributed by atoms with E-state index in [2.05, 4.69) is 5.32 Å². The molecule has 0 atom stereocenters. The summed E-state index contributed by atoms with van der Waals surface area (Å²) in [5, 5.41) is 11.1. The largest absolute Gasteiger partial charge is 2.00 e. The van der Waals surface area contributed by atoms with Gasteiger partial charge in [0.2, 0.25) is 0 Å². The van der Waals surface area contributed by atoms with Crippen molar-refractivity contribution in [2.75, 3.05) is 19.7 Å². The van der Waals surface area contributed by atoms with Crippen molar-refractivity contribution >= 4 is 48.9 Å². The molecule has 7 heavy (non-hydrogen) atoms. The minimum absolute atomic E-state index is 0. The molecule has 3 heteroatoms. The first-order valence-corrected chi connectivity index (χ1v) is 2.23. The van der Waals surface area contributed by atoms with Crippen LogP contribution in [0.25, 0.3) is 0 Å². The van der Waals surface area contributed by atoms with E-state index in [9.17, 15) is 0 Å². The van der Waals surface area contributed by atoms with E-state index in [1.807, 2.05) is 6.92 Å². The van der Waals surface area contributed by atoms with Crippen molar-refractivity contribution in [3.8, 4) is 0 Å². The Morgan fingerprint density at radius 1 is 1.71 bits per heavy atom. The molecule has 0 aromatic rings. The molecule has 0 saturated carbocycles. The Labute approximate surface area is 87.7 Å². The first-order valence-electron chi connectivity index (χ1n) is 2.23. The average molecular weight is 228 g/mol. The molecule has 0 unspecified atom stereocenters. The fraction of sp³-hybridized carbons (Fsp3) is 1.00. The molecule has 0 saturated heterocycles. The maximum absolute atomic E-state index is 8.13. The van der Waals surface area contributed by atoms with Crippen LogP contribution in [0.1, 0.15) is 9.78 Å². The molecule has 0 heterocycles. The van der Waals surface area contributed by atoms with E-state index in [1.165, 1.54) is 0 Å². The minimum Gasteiger partial charge on any atom is -1.00 e. The quantitative estimate of drug-likeness (QED) is 0.501. The fourth-order valence-electron chi connectivity index (χ4n) is 0.256. The molecule has 0 spiro atoms. The zero-order chi connectivity index (χ0) is 4.83. The average Bonchev–Trinajstić information content (AvgIpc) is 1.61. The first-order chi connectivity index (χ1) is 2.91. The van der Waals surface area contributed by atoms with E-state index in [0.717, 1.165) is 13.1 Å². The number of nitrogens with one attached hydrogen (secondary N) is 1. The maximum Gasteiger partial charge on any atom is 2.00 e. The minimum atomic E-state index is 0. The molecule has 0 aromatic heterocycles. The van der Waals surface area contributed by atoms with Crippen molar-refractivity contribution in [3.63, 3.8) is 0 Å². The molecule has 0 rings (SSSR count). The summed E-state index contributed by atoms with van der Waals surface area (Å²) in [5.74, 6) is 0. The second-order valence-electron chi connectivity index (χ2n) is 1.08. The van der Waals surface area contributed by atoms with Gasteiger partial charge in [0, 0.05) is 6.54 Å². The Hall–Kier alpha value is 1.49. The Morgan fingerprint density at radius 2 is 2.29 bits per heavy atom. The molecule has 0 aromatic carbocycles. The molecule has 0 aliphatic carbocycles. The zero-order valence-electron chi connectivity index (χ0n) is 6.78. The van der Waals surface area contributed by atoms with Crippen molar-refractivity contribution in [1.29, 1.82) is 0 Å². The van der Waals surface area contributed by atoms with Crippen molar-refractivity contribution in [2.45, 2.75) is 6.92 Å². The smallest absolute Gasteiger partial charge is 1.00 e. The number of likely N-dealkylation sites (N-methyl/N-ethyl adjacent to an activating group) is 1. The first kappa shape index (κ1) is 11.3. The van der Waals surface area contributed by atoms with E-state index < -0.39 is 0 Å². The van der Waals surface area contributed by atoms with Gasteiger partial charge in [0.1, 0.15) is 0 Å². The molecule has 0 bridgehead atoms. The van der Waals surface area contributed by atoms with Crippen LogP contribution in [0.4, 0.5) is 0 Å². The summed E-state index contributed by atoms with van der Waals surface area (Å²) in [7, 11) is 0. The van der Waals surface area contributed by atoms with Crippen LogP contribution in [0, 0.1) is 0 Å². The summed E-state index contributed by atoms with van der Waals surface area (Å²) in [5.41, 5.74) is 0. The van der Waals surface area contributed by atoms with Gasteiger partial charge in [0.05, 0.1) is 6.61 Å². The van der Waals surface area contributed by atoms with Crippen LogP contribution in [0.15, 0.2) is 0 Å². The Balaban J connectivity index is -0.0000000417. The topological polar surface area (TPSA) is 32.3 Å². The van der Waals surface area contributed by atoms with Gasteiger partial charge in [-0.3, -0.25) is 0 Å². The predicted octanol–water partition coefficient (Wildman–Crippen LogP) is -0.568. The van der Waals surface area contributed by atoms with E-state index in [1.54, 1.807) is 0 Å². The summed E-state index contributed by atoms with van der Waals surface area (Å²) < 4.78 is 0. The SMILES string of the molecule is CCNCCO.[Ba+2].[H-].[H-]. The number of hydrogen-bond acceptors (Lipinski definition) is 2. The van der Waals surface area contributed by atoms with Crippen LogP contribution in [-0.4, -0.2) is 73.7 Å². The molecular formula is C4H13BaNO. The molecule has 0 aliphatic rings. The van der Waals surface area contributed by atoms with Crippen LogP contribution in [-0.2, 0) is 0 Å².